The molecule has 0 bridgehead atoms. The monoisotopic (exact) mass is 475 g/mol. The normalized spacial score (nSPS) is 17.3. The molecule has 35 heavy (non-hydrogen) atoms. The summed E-state index contributed by atoms with van der Waals surface area (Å²) in [4.78, 5) is 49.1. The van der Waals surface area contributed by atoms with E-state index in [0.29, 0.717) is 24.3 Å². The third-order valence-corrected chi connectivity index (χ3v) is 6.06. The van der Waals surface area contributed by atoms with Crippen molar-refractivity contribution in [3.05, 3.63) is 76.6 Å². The molecule has 1 fully saturated rings. The number of hydrogen-bond acceptors (Lipinski definition) is 7. The first-order chi connectivity index (χ1) is 16.9. The fourth-order valence-corrected chi connectivity index (χ4v) is 4.26. The van der Waals surface area contributed by atoms with E-state index >= 15 is 0 Å². The minimum Gasteiger partial charge on any atom is -0.489 e. The highest BCUT2D eigenvalue weighted by atomic mass is 16.5. The second-order valence-electron chi connectivity index (χ2n) is 8.39. The Kier molecular flexibility index (Phi) is 5.73. The molecular weight excluding hydrogens is 454 g/mol. The van der Waals surface area contributed by atoms with Crippen molar-refractivity contribution in [1.82, 2.24) is 25.2 Å². The van der Waals surface area contributed by atoms with Gasteiger partial charge in [0, 0.05) is 17.5 Å². The van der Waals surface area contributed by atoms with Crippen molar-refractivity contribution in [3.8, 4) is 5.75 Å². The largest absolute Gasteiger partial charge is 0.489 e. The van der Waals surface area contributed by atoms with Gasteiger partial charge in [-0.2, -0.15) is 0 Å². The van der Waals surface area contributed by atoms with Crippen LogP contribution in [0.25, 0.3) is 0 Å². The maximum Gasteiger partial charge on any atom is 0.358 e. The number of aromatic nitrogens is 3. The molecule has 1 unspecified atom stereocenters. The number of benzene rings is 2. The third-order valence-electron chi connectivity index (χ3n) is 6.06. The molecule has 2 N–H and O–H groups in total. The van der Waals surface area contributed by atoms with Gasteiger partial charge in [0.1, 0.15) is 18.4 Å². The fourth-order valence-electron chi connectivity index (χ4n) is 4.26. The summed E-state index contributed by atoms with van der Waals surface area (Å²) >= 11 is 0. The van der Waals surface area contributed by atoms with Crippen molar-refractivity contribution >= 4 is 23.7 Å². The van der Waals surface area contributed by atoms with Crippen molar-refractivity contribution in [2.45, 2.75) is 38.6 Å². The topological polar surface area (TPSA) is 144 Å². The number of carbonyl (C=O) groups is 4. The number of imide groups is 1. The van der Waals surface area contributed by atoms with E-state index in [-0.39, 0.29) is 37.1 Å². The number of amides is 3. The molecule has 3 amide bonds. The van der Waals surface area contributed by atoms with Crippen LogP contribution >= 0.6 is 0 Å². The van der Waals surface area contributed by atoms with Crippen LogP contribution in [0.1, 0.15) is 50.4 Å². The summed E-state index contributed by atoms with van der Waals surface area (Å²) in [6.07, 6.45) is 1.88. The lowest BCUT2D eigenvalue weighted by Gasteiger charge is -2.29. The minimum absolute atomic E-state index is 0.111. The molecule has 5 rings (SSSR count). The van der Waals surface area contributed by atoms with E-state index in [4.69, 9.17) is 9.84 Å². The Morgan fingerprint density at radius 2 is 1.89 bits per heavy atom. The standard InChI is InChI=1S/C24H21N5O6/c30-21-9-8-19(22(31)25-21)29-11-17-16(23(29)32)2-1-3-20(17)35-13-15-6-4-14(5-7-15)10-28-12-18(24(33)34)26-27-28/h1-7,12,19H,8-11,13H2,(H,33,34)(H,25,30,31). The highest BCUT2D eigenvalue weighted by Gasteiger charge is 2.40. The lowest BCUT2D eigenvalue weighted by molar-refractivity contribution is -0.136. The highest BCUT2D eigenvalue weighted by molar-refractivity contribution is 6.05. The first-order valence-electron chi connectivity index (χ1n) is 11.0. The van der Waals surface area contributed by atoms with Crippen LogP contribution in [0, 0.1) is 0 Å². The second-order valence-corrected chi connectivity index (χ2v) is 8.39. The SMILES string of the molecule is O=C1CCC(N2Cc3c(OCc4ccc(Cn5cc(C(=O)O)nn5)cc4)cccc3C2=O)C(=O)N1. The number of carboxylic acids is 1. The van der Waals surface area contributed by atoms with Gasteiger partial charge in [0.15, 0.2) is 5.69 Å². The van der Waals surface area contributed by atoms with Crippen LogP contribution in [0.5, 0.6) is 5.75 Å². The molecule has 1 atom stereocenters. The molecule has 0 radical (unpaired) electrons. The summed E-state index contributed by atoms with van der Waals surface area (Å²) in [7, 11) is 0. The third kappa shape index (κ3) is 4.47. The lowest BCUT2D eigenvalue weighted by atomic mass is 10.0. The van der Waals surface area contributed by atoms with Gasteiger partial charge in [0.2, 0.25) is 11.8 Å². The molecule has 3 aromatic rings. The molecule has 1 aromatic heterocycles. The molecule has 3 heterocycles. The average molecular weight is 475 g/mol. The van der Waals surface area contributed by atoms with Crippen LogP contribution < -0.4 is 10.1 Å². The first-order valence-corrected chi connectivity index (χ1v) is 11.0. The van der Waals surface area contributed by atoms with Gasteiger partial charge in [0.05, 0.1) is 19.3 Å². The van der Waals surface area contributed by atoms with Gasteiger partial charge >= 0.3 is 5.97 Å². The molecule has 2 aromatic carbocycles. The van der Waals surface area contributed by atoms with Crippen LogP contribution in [-0.4, -0.2) is 54.7 Å². The average Bonchev–Trinajstić information content (AvgIpc) is 3.44. The van der Waals surface area contributed by atoms with Crippen molar-refractivity contribution in [3.63, 3.8) is 0 Å². The van der Waals surface area contributed by atoms with Gasteiger partial charge in [-0.15, -0.1) is 5.10 Å². The predicted molar refractivity (Wildman–Crippen MR) is 119 cm³/mol. The quantitative estimate of drug-likeness (QED) is 0.488. The summed E-state index contributed by atoms with van der Waals surface area (Å²) in [6.45, 7) is 0.896. The summed E-state index contributed by atoms with van der Waals surface area (Å²) in [5.74, 6) is -1.58. The van der Waals surface area contributed by atoms with E-state index in [9.17, 15) is 19.2 Å². The summed E-state index contributed by atoms with van der Waals surface area (Å²) in [6, 6.07) is 12.2. The number of hydrogen-bond donors (Lipinski definition) is 2. The van der Waals surface area contributed by atoms with E-state index in [1.807, 2.05) is 24.3 Å². The van der Waals surface area contributed by atoms with Gasteiger partial charge in [0.25, 0.3) is 5.91 Å². The molecule has 178 valence electrons. The fraction of sp³-hybridized carbons (Fsp3) is 0.250. The summed E-state index contributed by atoms with van der Waals surface area (Å²) in [5, 5.41) is 18.7. The number of rotatable bonds is 7. The molecule has 0 spiro atoms. The zero-order valence-corrected chi connectivity index (χ0v) is 18.5. The van der Waals surface area contributed by atoms with Crippen molar-refractivity contribution < 1.29 is 29.0 Å². The first kappa shape index (κ1) is 22.3. The number of carboxylic acid groups (broad SMARTS) is 1. The summed E-state index contributed by atoms with van der Waals surface area (Å²) in [5.41, 5.74) is 2.93. The predicted octanol–water partition coefficient (Wildman–Crippen LogP) is 1.36. The molecule has 1 saturated heterocycles. The molecule has 0 saturated carbocycles. The van der Waals surface area contributed by atoms with Crippen LogP contribution in [0.3, 0.4) is 0 Å². The van der Waals surface area contributed by atoms with Crippen LogP contribution in [-0.2, 0) is 29.3 Å². The Morgan fingerprint density at radius 1 is 1.11 bits per heavy atom. The van der Waals surface area contributed by atoms with E-state index < -0.39 is 17.9 Å². The number of nitrogens with one attached hydrogen (secondary N) is 1. The summed E-state index contributed by atoms with van der Waals surface area (Å²) < 4.78 is 7.48. The molecular formula is C24H21N5O6. The lowest BCUT2D eigenvalue weighted by Crippen LogP contribution is -2.52. The van der Waals surface area contributed by atoms with E-state index in [1.165, 1.54) is 15.8 Å². The molecule has 2 aliphatic heterocycles. The second kappa shape index (κ2) is 9.01. The van der Waals surface area contributed by atoms with Crippen molar-refractivity contribution in [2.75, 3.05) is 0 Å². The van der Waals surface area contributed by atoms with Crippen LogP contribution in [0.2, 0.25) is 0 Å². The molecule has 11 heteroatoms. The van der Waals surface area contributed by atoms with Gasteiger partial charge < -0.3 is 14.7 Å². The molecule has 2 aliphatic rings. The Hall–Kier alpha value is -4.54. The van der Waals surface area contributed by atoms with E-state index in [1.54, 1.807) is 18.2 Å². The minimum atomic E-state index is -1.13. The van der Waals surface area contributed by atoms with Gasteiger partial charge in [-0.05, 0) is 29.7 Å². The number of fused-ring (bicyclic) bond motifs is 1. The number of aromatic carboxylic acids is 1. The van der Waals surface area contributed by atoms with E-state index in [2.05, 4.69) is 15.6 Å². The van der Waals surface area contributed by atoms with Crippen molar-refractivity contribution in [2.24, 2.45) is 0 Å². The van der Waals surface area contributed by atoms with Crippen molar-refractivity contribution in [1.29, 1.82) is 0 Å². The zero-order chi connectivity index (χ0) is 24.5. The maximum absolute atomic E-state index is 12.9. The maximum atomic E-state index is 12.9. The Bertz CT molecular complexity index is 1330. The number of piperidine rings is 1. The Labute approximate surface area is 199 Å². The van der Waals surface area contributed by atoms with Gasteiger partial charge in [-0.1, -0.05) is 35.5 Å². The number of nitrogens with zero attached hydrogens (tertiary/aromatic N) is 4. The smallest absolute Gasteiger partial charge is 0.358 e. The zero-order valence-electron chi connectivity index (χ0n) is 18.5. The van der Waals surface area contributed by atoms with Crippen LogP contribution in [0.4, 0.5) is 0 Å². The number of carbonyl (C=O) groups excluding carboxylic acids is 3. The van der Waals surface area contributed by atoms with Gasteiger partial charge in [-0.3, -0.25) is 19.7 Å². The molecule has 0 aliphatic carbocycles. The van der Waals surface area contributed by atoms with Gasteiger partial charge in [-0.25, -0.2) is 9.48 Å². The highest BCUT2D eigenvalue weighted by Crippen LogP contribution is 2.33. The Morgan fingerprint density at radius 3 is 2.60 bits per heavy atom. The van der Waals surface area contributed by atoms with Crippen LogP contribution in [0.15, 0.2) is 48.7 Å². The molecule has 11 nitrogen and oxygen atoms in total. The number of ether oxygens (including phenoxy) is 1. The Balaban J connectivity index is 1.24. The van der Waals surface area contributed by atoms with E-state index in [0.717, 1.165) is 16.7 Å².